The minimum atomic E-state index is -0.490. The molecule has 1 fully saturated rings. The number of benzene rings is 2. The number of nitrogens with zero attached hydrogens (tertiary/aromatic N) is 6. The number of carbonyl (C=O) groups excluding carboxylic acids is 1. The Kier molecular flexibility index (Phi) is 4.59. The van der Waals surface area contributed by atoms with Gasteiger partial charge in [0.05, 0.1) is 22.8 Å². The molecule has 0 atom stereocenters. The number of piperazine rings is 1. The second-order valence-electron chi connectivity index (χ2n) is 7.09. The molecule has 0 saturated carbocycles. The SMILES string of the molecule is O=C(c1ccccc1F)N1CCN(c2ncnc3c2cnn3-c2ccccc2)CC1. The topological polar surface area (TPSA) is 67.2 Å². The summed E-state index contributed by atoms with van der Waals surface area (Å²) in [4.78, 5) is 25.4. The van der Waals surface area contributed by atoms with Gasteiger partial charge in [-0.25, -0.2) is 19.0 Å². The minimum absolute atomic E-state index is 0.111. The summed E-state index contributed by atoms with van der Waals surface area (Å²) in [7, 11) is 0. The summed E-state index contributed by atoms with van der Waals surface area (Å²) in [6, 6.07) is 15.9. The molecule has 150 valence electrons. The highest BCUT2D eigenvalue weighted by atomic mass is 19.1. The van der Waals surface area contributed by atoms with Gasteiger partial charge in [-0.05, 0) is 24.3 Å². The van der Waals surface area contributed by atoms with Gasteiger partial charge in [-0.15, -0.1) is 0 Å². The van der Waals surface area contributed by atoms with Crippen LogP contribution in [0.1, 0.15) is 10.4 Å². The Morgan fingerprint density at radius 1 is 0.900 bits per heavy atom. The van der Waals surface area contributed by atoms with Gasteiger partial charge in [0.25, 0.3) is 5.91 Å². The van der Waals surface area contributed by atoms with Crippen LogP contribution in [0, 0.1) is 5.82 Å². The second-order valence-corrected chi connectivity index (χ2v) is 7.09. The number of amides is 1. The number of para-hydroxylation sites is 1. The molecule has 0 aliphatic carbocycles. The smallest absolute Gasteiger partial charge is 0.256 e. The lowest BCUT2D eigenvalue weighted by Crippen LogP contribution is -2.49. The maximum atomic E-state index is 14.0. The Labute approximate surface area is 172 Å². The van der Waals surface area contributed by atoms with Crippen LogP contribution in [0.4, 0.5) is 10.2 Å². The number of rotatable bonds is 3. The highest BCUT2D eigenvalue weighted by molar-refractivity contribution is 5.94. The van der Waals surface area contributed by atoms with E-state index in [0.717, 1.165) is 22.5 Å². The molecule has 30 heavy (non-hydrogen) atoms. The monoisotopic (exact) mass is 402 g/mol. The number of aromatic nitrogens is 4. The first kappa shape index (κ1) is 18.2. The van der Waals surface area contributed by atoms with Crippen molar-refractivity contribution >= 4 is 22.8 Å². The number of carbonyl (C=O) groups is 1. The number of halogens is 1. The van der Waals surface area contributed by atoms with Crippen molar-refractivity contribution in [1.29, 1.82) is 0 Å². The van der Waals surface area contributed by atoms with Crippen LogP contribution in [0.15, 0.2) is 67.1 Å². The molecule has 0 radical (unpaired) electrons. The van der Waals surface area contributed by atoms with Crippen LogP contribution in [0.25, 0.3) is 16.7 Å². The number of fused-ring (bicyclic) bond motifs is 1. The molecule has 5 rings (SSSR count). The van der Waals surface area contributed by atoms with Crippen molar-refractivity contribution in [3.8, 4) is 5.69 Å². The molecule has 8 heteroatoms. The van der Waals surface area contributed by atoms with Crippen LogP contribution in [0.2, 0.25) is 0 Å². The van der Waals surface area contributed by atoms with E-state index < -0.39 is 5.82 Å². The van der Waals surface area contributed by atoms with Gasteiger partial charge in [-0.2, -0.15) is 5.10 Å². The van der Waals surface area contributed by atoms with Crippen LogP contribution in [0.3, 0.4) is 0 Å². The molecule has 3 heterocycles. The zero-order chi connectivity index (χ0) is 20.5. The maximum absolute atomic E-state index is 14.0. The Morgan fingerprint density at radius 2 is 1.63 bits per heavy atom. The van der Waals surface area contributed by atoms with E-state index in [1.807, 2.05) is 30.3 Å². The molecular formula is C22H19FN6O. The van der Waals surface area contributed by atoms with Crippen molar-refractivity contribution in [2.45, 2.75) is 0 Å². The first-order valence-electron chi connectivity index (χ1n) is 9.75. The number of hydrogen-bond donors (Lipinski definition) is 0. The van der Waals surface area contributed by atoms with Gasteiger partial charge in [0.1, 0.15) is 18.0 Å². The molecule has 7 nitrogen and oxygen atoms in total. The van der Waals surface area contributed by atoms with Crippen molar-refractivity contribution in [2.75, 3.05) is 31.1 Å². The summed E-state index contributed by atoms with van der Waals surface area (Å²) in [5.74, 6) is 0.0217. The third-order valence-electron chi connectivity index (χ3n) is 5.32. The third-order valence-corrected chi connectivity index (χ3v) is 5.32. The van der Waals surface area contributed by atoms with E-state index in [0.29, 0.717) is 26.2 Å². The fourth-order valence-electron chi connectivity index (χ4n) is 3.77. The first-order valence-corrected chi connectivity index (χ1v) is 9.75. The van der Waals surface area contributed by atoms with E-state index in [2.05, 4.69) is 20.0 Å². The molecule has 1 amide bonds. The molecule has 1 aliphatic rings. The fraction of sp³-hybridized carbons (Fsp3) is 0.182. The molecule has 2 aromatic carbocycles. The van der Waals surface area contributed by atoms with Crippen molar-refractivity contribution < 1.29 is 9.18 Å². The van der Waals surface area contributed by atoms with Crippen molar-refractivity contribution in [2.24, 2.45) is 0 Å². The average molecular weight is 402 g/mol. The molecule has 0 N–H and O–H groups in total. The van der Waals surface area contributed by atoms with Gasteiger partial charge < -0.3 is 9.80 Å². The van der Waals surface area contributed by atoms with Crippen LogP contribution >= 0.6 is 0 Å². The van der Waals surface area contributed by atoms with Crippen LogP contribution < -0.4 is 4.90 Å². The lowest BCUT2D eigenvalue weighted by Gasteiger charge is -2.35. The maximum Gasteiger partial charge on any atom is 0.256 e. The van der Waals surface area contributed by atoms with Crippen LogP contribution in [-0.2, 0) is 0 Å². The predicted octanol–water partition coefficient (Wildman–Crippen LogP) is 2.92. The van der Waals surface area contributed by atoms with E-state index in [1.54, 1.807) is 27.9 Å². The molecule has 1 saturated heterocycles. The van der Waals surface area contributed by atoms with Gasteiger partial charge >= 0.3 is 0 Å². The van der Waals surface area contributed by atoms with Crippen molar-refractivity contribution in [3.63, 3.8) is 0 Å². The Balaban J connectivity index is 1.37. The first-order chi connectivity index (χ1) is 14.7. The molecule has 0 spiro atoms. The van der Waals surface area contributed by atoms with E-state index in [4.69, 9.17) is 0 Å². The summed E-state index contributed by atoms with van der Waals surface area (Å²) < 4.78 is 15.8. The molecular weight excluding hydrogens is 383 g/mol. The number of anilines is 1. The van der Waals surface area contributed by atoms with Gasteiger partial charge in [0, 0.05) is 26.2 Å². The Bertz CT molecular complexity index is 1200. The van der Waals surface area contributed by atoms with Gasteiger partial charge in [-0.1, -0.05) is 30.3 Å². The second kappa shape index (κ2) is 7.55. The number of hydrogen-bond acceptors (Lipinski definition) is 5. The van der Waals surface area contributed by atoms with Gasteiger partial charge in [-0.3, -0.25) is 4.79 Å². The summed E-state index contributed by atoms with van der Waals surface area (Å²) >= 11 is 0. The van der Waals surface area contributed by atoms with Crippen molar-refractivity contribution in [3.05, 3.63) is 78.5 Å². The van der Waals surface area contributed by atoms with E-state index >= 15 is 0 Å². The standard InChI is InChI=1S/C22H19FN6O/c23-19-9-5-4-8-17(19)22(30)28-12-10-27(11-13-28)20-18-14-26-29(21(18)25-15-24-20)16-6-2-1-3-7-16/h1-9,14-15H,10-13H2. The van der Waals surface area contributed by atoms with Gasteiger partial charge in [0.2, 0.25) is 0 Å². The minimum Gasteiger partial charge on any atom is -0.352 e. The van der Waals surface area contributed by atoms with E-state index in [-0.39, 0.29) is 11.5 Å². The fourth-order valence-corrected chi connectivity index (χ4v) is 3.77. The molecule has 1 aliphatic heterocycles. The van der Waals surface area contributed by atoms with Crippen LogP contribution in [0.5, 0.6) is 0 Å². The lowest BCUT2D eigenvalue weighted by atomic mass is 10.1. The quantitative estimate of drug-likeness (QED) is 0.527. The summed E-state index contributed by atoms with van der Waals surface area (Å²) in [6.07, 6.45) is 3.31. The average Bonchev–Trinajstić information content (AvgIpc) is 3.24. The zero-order valence-corrected chi connectivity index (χ0v) is 16.1. The highest BCUT2D eigenvalue weighted by Crippen LogP contribution is 2.25. The summed E-state index contributed by atoms with van der Waals surface area (Å²) in [5.41, 5.74) is 1.77. The van der Waals surface area contributed by atoms with Crippen molar-refractivity contribution in [1.82, 2.24) is 24.6 Å². The summed E-state index contributed by atoms with van der Waals surface area (Å²) in [6.45, 7) is 2.18. The highest BCUT2D eigenvalue weighted by Gasteiger charge is 2.26. The largest absolute Gasteiger partial charge is 0.352 e. The van der Waals surface area contributed by atoms with E-state index in [9.17, 15) is 9.18 Å². The lowest BCUT2D eigenvalue weighted by molar-refractivity contribution is 0.0742. The third kappa shape index (κ3) is 3.16. The molecule has 0 unspecified atom stereocenters. The summed E-state index contributed by atoms with van der Waals surface area (Å²) in [5, 5.41) is 5.35. The predicted molar refractivity (Wildman–Crippen MR) is 111 cm³/mol. The van der Waals surface area contributed by atoms with Crippen LogP contribution in [-0.4, -0.2) is 56.7 Å². The molecule has 2 aromatic heterocycles. The zero-order valence-electron chi connectivity index (χ0n) is 16.1. The van der Waals surface area contributed by atoms with Gasteiger partial charge in [0.15, 0.2) is 5.65 Å². The Morgan fingerprint density at radius 3 is 2.40 bits per heavy atom. The molecule has 0 bridgehead atoms. The Hall–Kier alpha value is -3.81. The van der Waals surface area contributed by atoms with E-state index in [1.165, 1.54) is 18.5 Å². The normalized spacial score (nSPS) is 14.3. The molecule has 4 aromatic rings.